The fraction of sp³-hybridized carbons (Fsp3) is 1.00. The minimum atomic E-state index is -4.53. The molecular weight excluding hydrogens is 320 g/mol. The summed E-state index contributed by atoms with van der Waals surface area (Å²) in [4.78, 5) is 0. The maximum Gasteiger partial charge on any atom is 1.00 e. The van der Waals surface area contributed by atoms with Crippen molar-refractivity contribution in [2.24, 2.45) is 0 Å². The molecule has 0 amide bonds. The Morgan fingerprint density at radius 2 is 1.88 bits per heavy atom. The van der Waals surface area contributed by atoms with Crippen LogP contribution in [-0.4, -0.2) is 66.5 Å². The quantitative estimate of drug-likeness (QED) is 0.284. The summed E-state index contributed by atoms with van der Waals surface area (Å²) < 4.78 is 37.1. The molecule has 0 spiro atoms. The van der Waals surface area contributed by atoms with Crippen molar-refractivity contribution >= 4 is 33.5 Å². The summed E-state index contributed by atoms with van der Waals surface area (Å²) in [5.41, 5.74) is 0. The van der Waals surface area contributed by atoms with Crippen LogP contribution in [0.4, 0.5) is 0 Å². The Hall–Kier alpha value is 2.01. The average molecular weight is 334 g/mol. The zero-order valence-corrected chi connectivity index (χ0v) is 15.1. The van der Waals surface area contributed by atoms with E-state index in [1.165, 1.54) is 0 Å². The van der Waals surface area contributed by atoms with Crippen molar-refractivity contribution in [3.05, 3.63) is 0 Å². The van der Waals surface area contributed by atoms with E-state index in [2.05, 4.69) is 0 Å². The molecule has 0 bridgehead atoms. The van der Waals surface area contributed by atoms with Gasteiger partial charge in [-0.3, -0.25) is 0 Å². The number of rotatable bonds is 8. The summed E-state index contributed by atoms with van der Waals surface area (Å²) in [6.07, 6.45) is -1.50. The van der Waals surface area contributed by atoms with Gasteiger partial charge in [-0.05, 0) is 0 Å². The summed E-state index contributed by atoms with van der Waals surface area (Å²) in [5, 5.41) is 9.37. The summed E-state index contributed by atoms with van der Waals surface area (Å²) in [5.74, 6) is 0.345. The molecule has 0 fully saturated rings. The first kappa shape index (κ1) is 21.3. The molecule has 0 saturated heterocycles. The second kappa shape index (κ2) is 10.8. The van der Waals surface area contributed by atoms with Gasteiger partial charge in [0, 0.05) is 25.4 Å². The van der Waals surface area contributed by atoms with Crippen LogP contribution in [-0.2, 0) is 15.0 Å². The number of ether oxygens (including phenoxy) is 1. The van der Waals surface area contributed by atoms with Gasteiger partial charge >= 0.3 is 51.4 Å². The third kappa shape index (κ3) is 10.5. The van der Waals surface area contributed by atoms with Crippen molar-refractivity contribution in [1.29, 1.82) is 0 Å². The van der Waals surface area contributed by atoms with Crippen molar-refractivity contribution in [2.75, 3.05) is 32.0 Å². The van der Waals surface area contributed by atoms with Gasteiger partial charge < -0.3 is 14.4 Å². The van der Waals surface area contributed by atoms with Crippen LogP contribution in [0.25, 0.3) is 0 Å². The van der Waals surface area contributed by atoms with Crippen molar-refractivity contribution in [1.82, 2.24) is 4.31 Å². The number of aliphatic hydroxyl groups is 1. The largest absolute Gasteiger partial charge is 1.00 e. The van der Waals surface area contributed by atoms with Crippen LogP contribution in [0.1, 0.15) is 0 Å². The van der Waals surface area contributed by atoms with Gasteiger partial charge in [0.05, 0.1) is 18.8 Å². The Balaban J connectivity index is 0. The molecule has 6 nitrogen and oxygen atoms in total. The molecular formula is C7H14Cl2KNO5S. The number of halogens is 2. The number of aliphatic hydroxyl groups excluding tert-OH is 1. The summed E-state index contributed by atoms with van der Waals surface area (Å²) in [6.45, 7) is -0.465. The van der Waals surface area contributed by atoms with Crippen LogP contribution < -0.4 is 51.4 Å². The molecule has 0 rings (SSSR count). The van der Waals surface area contributed by atoms with Crippen LogP contribution in [0.3, 0.4) is 0 Å². The van der Waals surface area contributed by atoms with Gasteiger partial charge in [-0.2, -0.15) is 0 Å². The SMILES string of the molecule is CN(CC(O)COC(CCl)CCl)S(=O)(=O)[O-].[K+]. The van der Waals surface area contributed by atoms with E-state index in [9.17, 15) is 18.1 Å². The maximum atomic E-state index is 10.5. The van der Waals surface area contributed by atoms with E-state index < -0.39 is 22.5 Å². The summed E-state index contributed by atoms with van der Waals surface area (Å²) in [7, 11) is -3.46. The molecule has 0 radical (unpaired) electrons. The number of alkyl halides is 2. The first-order valence-corrected chi connectivity index (χ1v) is 6.83. The second-order valence-electron chi connectivity index (χ2n) is 3.16. The maximum absolute atomic E-state index is 10.5. The summed E-state index contributed by atoms with van der Waals surface area (Å²) in [6, 6.07) is 0. The van der Waals surface area contributed by atoms with Gasteiger partial charge in [0.25, 0.3) is 0 Å². The van der Waals surface area contributed by atoms with E-state index in [1.807, 2.05) is 0 Å². The predicted octanol–water partition coefficient (Wildman–Crippen LogP) is -3.39. The van der Waals surface area contributed by atoms with Gasteiger partial charge in [0.15, 0.2) is 10.3 Å². The molecule has 0 aromatic heterocycles. The third-order valence-electron chi connectivity index (χ3n) is 1.72. The molecule has 0 aliphatic carbocycles. The molecule has 0 aromatic rings. The first-order chi connectivity index (χ1) is 7.31. The van der Waals surface area contributed by atoms with E-state index >= 15 is 0 Å². The van der Waals surface area contributed by atoms with Crippen molar-refractivity contribution in [3.63, 3.8) is 0 Å². The van der Waals surface area contributed by atoms with Crippen molar-refractivity contribution < 1.29 is 74.2 Å². The third-order valence-corrected chi connectivity index (χ3v) is 3.32. The molecule has 0 aromatic carbocycles. The normalized spacial score (nSPS) is 13.8. The van der Waals surface area contributed by atoms with Crippen molar-refractivity contribution in [2.45, 2.75) is 12.2 Å². The van der Waals surface area contributed by atoms with Crippen LogP contribution in [0, 0.1) is 0 Å². The number of hydrogen-bond donors (Lipinski definition) is 1. The van der Waals surface area contributed by atoms with Crippen LogP contribution >= 0.6 is 23.2 Å². The van der Waals surface area contributed by atoms with Crippen LogP contribution in [0.15, 0.2) is 0 Å². The monoisotopic (exact) mass is 333 g/mol. The molecule has 17 heavy (non-hydrogen) atoms. The second-order valence-corrected chi connectivity index (χ2v) is 5.25. The Bertz CT molecular complexity index is 288. The minimum absolute atomic E-state index is 0. The smallest absolute Gasteiger partial charge is 0.735 e. The Kier molecular flexibility index (Phi) is 13.5. The topological polar surface area (TPSA) is 89.9 Å². The molecule has 1 atom stereocenters. The zero-order chi connectivity index (χ0) is 12.8. The van der Waals surface area contributed by atoms with E-state index in [1.54, 1.807) is 0 Å². The summed E-state index contributed by atoms with van der Waals surface area (Å²) >= 11 is 11.0. The van der Waals surface area contributed by atoms with Gasteiger partial charge in [-0.1, -0.05) is 0 Å². The Morgan fingerprint density at radius 1 is 1.41 bits per heavy atom. The van der Waals surface area contributed by atoms with Gasteiger partial charge in [-0.15, -0.1) is 23.2 Å². The van der Waals surface area contributed by atoms with Crippen molar-refractivity contribution in [3.8, 4) is 0 Å². The van der Waals surface area contributed by atoms with Gasteiger partial charge in [0.2, 0.25) is 0 Å². The van der Waals surface area contributed by atoms with E-state index in [0.29, 0.717) is 4.31 Å². The number of likely N-dealkylation sites (N-methyl/N-ethyl adjacent to an activating group) is 1. The number of hydrogen-bond acceptors (Lipinski definition) is 5. The molecule has 0 aliphatic heterocycles. The molecule has 0 heterocycles. The Labute approximate surface area is 154 Å². The molecule has 1 N–H and O–H groups in total. The molecule has 0 saturated carbocycles. The van der Waals surface area contributed by atoms with Gasteiger partial charge in [0.1, 0.15) is 0 Å². The fourth-order valence-electron chi connectivity index (χ4n) is 0.818. The minimum Gasteiger partial charge on any atom is -0.735 e. The zero-order valence-electron chi connectivity index (χ0n) is 9.67. The average Bonchev–Trinajstić information content (AvgIpc) is 2.17. The van der Waals surface area contributed by atoms with Crippen LogP contribution in [0.2, 0.25) is 0 Å². The molecule has 0 aliphatic rings. The van der Waals surface area contributed by atoms with E-state index in [0.717, 1.165) is 7.05 Å². The molecule has 1 unspecified atom stereocenters. The Morgan fingerprint density at radius 3 is 2.24 bits per heavy atom. The molecule has 10 heteroatoms. The fourth-order valence-corrected chi connectivity index (χ4v) is 1.68. The molecule has 98 valence electrons. The predicted molar refractivity (Wildman–Crippen MR) is 59.5 cm³/mol. The number of nitrogens with zero attached hydrogens (tertiary/aromatic N) is 1. The van der Waals surface area contributed by atoms with Crippen LogP contribution in [0.5, 0.6) is 0 Å². The van der Waals surface area contributed by atoms with E-state index in [-0.39, 0.29) is 76.3 Å². The van der Waals surface area contributed by atoms with E-state index in [4.69, 9.17) is 27.9 Å². The first-order valence-electron chi connectivity index (χ1n) is 4.40. The standard InChI is InChI=1S/C7H15Cl2NO5S.K/c1-10(16(12,13)14)4-6(11)5-15-7(2-8)3-9;/h6-7,11H,2-5H2,1H3,(H,12,13,14);/q;+1/p-1. The van der Waals surface area contributed by atoms with Gasteiger partial charge in [-0.25, -0.2) is 12.7 Å².